The summed E-state index contributed by atoms with van der Waals surface area (Å²) < 4.78 is 7.20. The molecule has 1 atom stereocenters. The normalized spacial score (nSPS) is 15.4. The van der Waals surface area contributed by atoms with E-state index in [0.717, 1.165) is 11.3 Å². The van der Waals surface area contributed by atoms with E-state index < -0.39 is 0 Å². The van der Waals surface area contributed by atoms with E-state index >= 15 is 0 Å². The molecule has 2 N–H and O–H groups in total. The van der Waals surface area contributed by atoms with Crippen molar-refractivity contribution < 1.29 is 9.53 Å². The van der Waals surface area contributed by atoms with Gasteiger partial charge in [-0.2, -0.15) is 5.10 Å². The van der Waals surface area contributed by atoms with E-state index in [1.54, 1.807) is 35.4 Å². The quantitative estimate of drug-likeness (QED) is 0.777. The number of amides is 2. The van der Waals surface area contributed by atoms with Gasteiger partial charge in [-0.15, -0.1) is 0 Å². The molecule has 0 bridgehead atoms. The fourth-order valence-electron chi connectivity index (χ4n) is 2.61. The topological polar surface area (TPSA) is 81.1 Å². The lowest BCUT2D eigenvalue weighted by molar-refractivity contribution is 0.243. The summed E-state index contributed by atoms with van der Waals surface area (Å²) in [5, 5.41) is 9.79. The van der Waals surface area contributed by atoms with Crippen LogP contribution in [-0.2, 0) is 0 Å². The van der Waals surface area contributed by atoms with Gasteiger partial charge in [0.25, 0.3) is 0 Å². The Morgan fingerprint density at radius 3 is 2.92 bits per heavy atom. The summed E-state index contributed by atoms with van der Waals surface area (Å²) in [6.07, 6.45) is 5.08. The molecule has 0 unspecified atom stereocenters. The van der Waals surface area contributed by atoms with Gasteiger partial charge in [0.15, 0.2) is 5.82 Å². The summed E-state index contributed by atoms with van der Waals surface area (Å²) in [4.78, 5) is 16.4. The molecule has 0 radical (unpaired) electrons. The zero-order valence-corrected chi connectivity index (χ0v) is 12.7. The van der Waals surface area contributed by atoms with Crippen LogP contribution >= 0.6 is 0 Å². The summed E-state index contributed by atoms with van der Waals surface area (Å²) in [6, 6.07) is 12.6. The number of carbonyl (C=O) groups excluding carboxylic acids is 1. The van der Waals surface area contributed by atoms with Crippen LogP contribution in [0.2, 0.25) is 0 Å². The van der Waals surface area contributed by atoms with Crippen molar-refractivity contribution in [2.75, 3.05) is 11.9 Å². The molecule has 1 aliphatic rings. The van der Waals surface area contributed by atoms with Crippen molar-refractivity contribution in [3.05, 3.63) is 66.6 Å². The Kier molecular flexibility index (Phi) is 3.59. The number of carbonyl (C=O) groups is 1. The Labute approximate surface area is 138 Å². The van der Waals surface area contributed by atoms with Gasteiger partial charge < -0.3 is 15.4 Å². The Morgan fingerprint density at radius 1 is 1.21 bits per heavy atom. The number of urea groups is 1. The predicted molar refractivity (Wildman–Crippen MR) is 88.2 cm³/mol. The number of pyridine rings is 1. The summed E-state index contributed by atoms with van der Waals surface area (Å²) in [5.41, 5.74) is 1.59. The van der Waals surface area contributed by atoms with Crippen LogP contribution in [0, 0.1) is 0 Å². The maximum Gasteiger partial charge on any atom is 0.319 e. The molecule has 2 amide bonds. The number of anilines is 1. The van der Waals surface area contributed by atoms with Gasteiger partial charge in [0, 0.05) is 18.0 Å². The Bertz CT molecular complexity index is 846. The van der Waals surface area contributed by atoms with Crippen LogP contribution in [-0.4, -0.2) is 27.4 Å². The lowest BCUT2D eigenvalue weighted by atomic mass is 10.1. The summed E-state index contributed by atoms with van der Waals surface area (Å²) in [6.45, 7) is 0.434. The van der Waals surface area contributed by atoms with Gasteiger partial charge >= 0.3 is 6.03 Å². The third-order valence-corrected chi connectivity index (χ3v) is 3.75. The smallest absolute Gasteiger partial charge is 0.319 e. The van der Waals surface area contributed by atoms with E-state index in [4.69, 9.17) is 4.74 Å². The van der Waals surface area contributed by atoms with E-state index in [1.165, 1.54) is 0 Å². The predicted octanol–water partition coefficient (Wildman–Crippen LogP) is 2.52. The van der Waals surface area contributed by atoms with Gasteiger partial charge in [-0.25, -0.2) is 14.5 Å². The Hall–Kier alpha value is -3.35. The zero-order valence-electron chi connectivity index (χ0n) is 12.7. The Morgan fingerprint density at radius 2 is 2.12 bits per heavy atom. The molecule has 7 heteroatoms. The first-order chi connectivity index (χ1) is 11.8. The number of hydrogen-bond acceptors (Lipinski definition) is 4. The molecular weight excluding hydrogens is 306 g/mol. The molecule has 3 heterocycles. The highest BCUT2D eigenvalue weighted by atomic mass is 16.5. The highest BCUT2D eigenvalue weighted by Gasteiger charge is 2.24. The molecule has 7 nitrogen and oxygen atoms in total. The molecular formula is C17H15N5O2. The fraction of sp³-hybridized carbons (Fsp3) is 0.118. The fourth-order valence-corrected chi connectivity index (χ4v) is 2.61. The van der Waals surface area contributed by atoms with Gasteiger partial charge in [0.1, 0.15) is 12.4 Å². The summed E-state index contributed by atoms with van der Waals surface area (Å²) in [5.74, 6) is 1.50. The molecule has 3 aromatic rings. The standard InChI is InChI=1S/C17H15N5O2/c23-17(21-14-11-24-15-5-2-1-4-13(14)15)20-12-6-7-16(18-10-12)22-9-3-8-19-22/h1-10,14H,11H2,(H2,20,21,23)/t14-/m0/s1. The monoisotopic (exact) mass is 321 g/mol. The van der Waals surface area contributed by atoms with Crippen LogP contribution < -0.4 is 15.4 Å². The second kappa shape index (κ2) is 6.04. The van der Waals surface area contributed by atoms with Crippen molar-refractivity contribution in [3.8, 4) is 11.6 Å². The highest BCUT2D eigenvalue weighted by molar-refractivity contribution is 5.89. The van der Waals surface area contributed by atoms with Gasteiger partial charge in [0.2, 0.25) is 0 Å². The number of hydrogen-bond donors (Lipinski definition) is 2. The minimum atomic E-state index is -0.297. The van der Waals surface area contributed by atoms with E-state index in [0.29, 0.717) is 18.1 Å². The van der Waals surface area contributed by atoms with Crippen LogP contribution in [0.5, 0.6) is 5.75 Å². The molecule has 0 fully saturated rings. The number of benzene rings is 1. The first-order valence-corrected chi connectivity index (χ1v) is 7.55. The lowest BCUT2D eigenvalue weighted by Gasteiger charge is -2.13. The Balaban J connectivity index is 1.40. The van der Waals surface area contributed by atoms with E-state index in [9.17, 15) is 4.79 Å². The van der Waals surface area contributed by atoms with E-state index in [1.807, 2.05) is 30.3 Å². The van der Waals surface area contributed by atoms with Crippen LogP contribution in [0.3, 0.4) is 0 Å². The second-order valence-corrected chi connectivity index (χ2v) is 5.36. The molecule has 4 rings (SSSR count). The molecule has 2 aromatic heterocycles. The van der Waals surface area contributed by atoms with Gasteiger partial charge in [-0.1, -0.05) is 18.2 Å². The van der Waals surface area contributed by atoms with Crippen molar-refractivity contribution in [3.63, 3.8) is 0 Å². The van der Waals surface area contributed by atoms with Crippen molar-refractivity contribution in [1.29, 1.82) is 0 Å². The second-order valence-electron chi connectivity index (χ2n) is 5.36. The van der Waals surface area contributed by atoms with E-state index in [2.05, 4.69) is 20.7 Å². The van der Waals surface area contributed by atoms with Gasteiger partial charge in [-0.3, -0.25) is 0 Å². The minimum absolute atomic E-state index is 0.155. The van der Waals surface area contributed by atoms with Crippen molar-refractivity contribution in [2.24, 2.45) is 0 Å². The average Bonchev–Trinajstić information content (AvgIpc) is 3.26. The van der Waals surface area contributed by atoms with Crippen molar-refractivity contribution in [1.82, 2.24) is 20.1 Å². The van der Waals surface area contributed by atoms with Gasteiger partial charge in [0.05, 0.1) is 17.9 Å². The molecule has 0 saturated carbocycles. The summed E-state index contributed by atoms with van der Waals surface area (Å²) in [7, 11) is 0. The minimum Gasteiger partial charge on any atom is -0.491 e. The molecule has 0 spiro atoms. The molecule has 120 valence electrons. The van der Waals surface area contributed by atoms with Crippen LogP contribution in [0.15, 0.2) is 61.1 Å². The SMILES string of the molecule is O=C(Nc1ccc(-n2cccn2)nc1)N[C@H]1COc2ccccc21. The van der Waals surface area contributed by atoms with Crippen LogP contribution in [0.1, 0.15) is 11.6 Å². The maximum absolute atomic E-state index is 12.2. The first-order valence-electron chi connectivity index (χ1n) is 7.55. The maximum atomic E-state index is 12.2. The van der Waals surface area contributed by atoms with Crippen LogP contribution in [0.25, 0.3) is 5.82 Å². The molecule has 24 heavy (non-hydrogen) atoms. The molecule has 0 saturated heterocycles. The van der Waals surface area contributed by atoms with E-state index in [-0.39, 0.29) is 12.1 Å². The number of aromatic nitrogens is 3. The van der Waals surface area contributed by atoms with Crippen molar-refractivity contribution >= 4 is 11.7 Å². The van der Waals surface area contributed by atoms with Crippen molar-refractivity contribution in [2.45, 2.75) is 6.04 Å². The zero-order chi connectivity index (χ0) is 16.4. The molecule has 1 aromatic carbocycles. The van der Waals surface area contributed by atoms with Gasteiger partial charge in [-0.05, 0) is 24.3 Å². The van der Waals surface area contributed by atoms with Crippen LogP contribution in [0.4, 0.5) is 10.5 Å². The largest absolute Gasteiger partial charge is 0.491 e. The number of para-hydroxylation sites is 1. The number of nitrogens with one attached hydrogen (secondary N) is 2. The third-order valence-electron chi connectivity index (χ3n) is 3.75. The average molecular weight is 321 g/mol. The number of fused-ring (bicyclic) bond motifs is 1. The summed E-state index contributed by atoms with van der Waals surface area (Å²) >= 11 is 0. The molecule has 0 aliphatic carbocycles. The lowest BCUT2D eigenvalue weighted by Crippen LogP contribution is -2.33. The number of ether oxygens (including phenoxy) is 1. The highest BCUT2D eigenvalue weighted by Crippen LogP contribution is 2.31. The number of nitrogens with zero attached hydrogens (tertiary/aromatic N) is 3. The molecule has 1 aliphatic heterocycles. The number of rotatable bonds is 3. The third kappa shape index (κ3) is 2.79. The first kappa shape index (κ1) is 14.3.